The number of hydrogen-bond donors (Lipinski definition) is 1. The predicted octanol–water partition coefficient (Wildman–Crippen LogP) is 4.82. The summed E-state index contributed by atoms with van der Waals surface area (Å²) < 4.78 is 7.20. The Morgan fingerprint density at radius 1 is 1.21 bits per heavy atom. The van der Waals surface area contributed by atoms with Gasteiger partial charge >= 0.3 is 0 Å². The van der Waals surface area contributed by atoms with E-state index in [1.54, 1.807) is 24.5 Å². The third-order valence-electron chi connectivity index (χ3n) is 4.64. The van der Waals surface area contributed by atoms with E-state index in [1.165, 1.54) is 5.56 Å². The van der Waals surface area contributed by atoms with E-state index in [-0.39, 0.29) is 12.3 Å². The van der Waals surface area contributed by atoms with E-state index in [2.05, 4.69) is 36.5 Å². The number of methoxy groups -OCH3 is 1. The number of benzene rings is 2. The summed E-state index contributed by atoms with van der Waals surface area (Å²) in [5, 5.41) is 4.91. The van der Waals surface area contributed by atoms with Crippen molar-refractivity contribution in [3.63, 3.8) is 0 Å². The van der Waals surface area contributed by atoms with Crippen molar-refractivity contribution < 1.29 is 9.53 Å². The molecule has 2 aromatic carbocycles. The zero-order valence-corrected chi connectivity index (χ0v) is 16.6. The van der Waals surface area contributed by atoms with Gasteiger partial charge in [-0.25, -0.2) is 4.98 Å². The second-order valence-corrected chi connectivity index (χ2v) is 7.35. The lowest BCUT2D eigenvalue weighted by Gasteiger charge is -2.06. The number of nitrogens with zero attached hydrogens (tertiary/aromatic N) is 2. The van der Waals surface area contributed by atoms with Crippen LogP contribution in [0.25, 0.3) is 16.2 Å². The number of fused-ring (bicyclic) bond motifs is 1. The molecule has 5 nitrogen and oxygen atoms in total. The Bertz CT molecular complexity index is 1110. The first-order valence-corrected chi connectivity index (χ1v) is 10.0. The molecule has 0 atom stereocenters. The highest BCUT2D eigenvalue weighted by Crippen LogP contribution is 2.25. The van der Waals surface area contributed by atoms with E-state index >= 15 is 0 Å². The van der Waals surface area contributed by atoms with Crippen LogP contribution in [0.15, 0.2) is 60.1 Å². The van der Waals surface area contributed by atoms with Crippen molar-refractivity contribution in [1.82, 2.24) is 9.38 Å². The number of nitrogens with one attached hydrogen (secondary N) is 1. The van der Waals surface area contributed by atoms with Gasteiger partial charge < -0.3 is 10.1 Å². The Hall–Kier alpha value is -3.12. The van der Waals surface area contributed by atoms with Gasteiger partial charge in [-0.1, -0.05) is 37.3 Å². The van der Waals surface area contributed by atoms with Gasteiger partial charge in [0.05, 0.1) is 19.2 Å². The van der Waals surface area contributed by atoms with Crippen molar-refractivity contribution in [2.75, 3.05) is 12.4 Å². The zero-order valence-electron chi connectivity index (χ0n) is 15.8. The van der Waals surface area contributed by atoms with Crippen molar-refractivity contribution >= 4 is 27.9 Å². The molecule has 2 heterocycles. The first-order valence-electron chi connectivity index (χ1n) is 9.15. The molecule has 1 N–H and O–H groups in total. The van der Waals surface area contributed by atoms with Crippen LogP contribution in [-0.4, -0.2) is 22.4 Å². The molecule has 4 rings (SSSR count). The van der Waals surface area contributed by atoms with E-state index in [4.69, 9.17) is 9.72 Å². The lowest BCUT2D eigenvalue weighted by atomic mass is 10.1. The second kappa shape index (κ2) is 7.86. The fraction of sp³-hybridized carbons (Fsp3) is 0.182. The number of carbonyl (C=O) groups excluding carboxylic acids is 1. The Kier molecular flexibility index (Phi) is 5.12. The predicted molar refractivity (Wildman–Crippen MR) is 113 cm³/mol. The van der Waals surface area contributed by atoms with Gasteiger partial charge in [0.25, 0.3) is 0 Å². The summed E-state index contributed by atoms with van der Waals surface area (Å²) in [7, 11) is 1.61. The van der Waals surface area contributed by atoms with Crippen LogP contribution < -0.4 is 10.1 Å². The Morgan fingerprint density at radius 2 is 2.04 bits per heavy atom. The molecule has 0 saturated carbocycles. The maximum Gasteiger partial charge on any atom is 0.230 e. The minimum Gasteiger partial charge on any atom is -0.497 e. The van der Waals surface area contributed by atoms with Crippen LogP contribution in [0.2, 0.25) is 0 Å². The third kappa shape index (κ3) is 3.77. The van der Waals surface area contributed by atoms with Gasteiger partial charge in [0.1, 0.15) is 5.75 Å². The van der Waals surface area contributed by atoms with E-state index in [0.717, 1.165) is 34.0 Å². The molecule has 1 amide bonds. The summed E-state index contributed by atoms with van der Waals surface area (Å²) in [4.78, 5) is 18.1. The standard InChI is InChI=1S/C22H21N3O2S/c1-3-15-7-9-16(10-8-15)20-13-25-18(14-28-22(25)24-20)12-21(26)23-17-5-4-6-19(11-17)27-2/h4-11,13-14H,3,12H2,1-2H3,(H,23,26). The molecular weight excluding hydrogens is 370 g/mol. The van der Waals surface area contributed by atoms with Gasteiger partial charge in [-0.05, 0) is 24.1 Å². The first-order chi connectivity index (χ1) is 13.7. The summed E-state index contributed by atoms with van der Waals surface area (Å²) in [6, 6.07) is 15.8. The molecule has 0 spiro atoms. The molecule has 0 saturated heterocycles. The van der Waals surface area contributed by atoms with Gasteiger partial charge in [0.2, 0.25) is 5.91 Å². The van der Waals surface area contributed by atoms with Gasteiger partial charge in [-0.15, -0.1) is 11.3 Å². The molecule has 0 fully saturated rings. The number of aryl methyl sites for hydroxylation is 1. The quantitative estimate of drug-likeness (QED) is 0.513. The average Bonchev–Trinajstić information content (AvgIpc) is 3.30. The highest BCUT2D eigenvalue weighted by Gasteiger charge is 2.13. The normalized spacial score (nSPS) is 10.9. The maximum absolute atomic E-state index is 12.5. The van der Waals surface area contributed by atoms with Crippen molar-refractivity contribution in [1.29, 1.82) is 0 Å². The van der Waals surface area contributed by atoms with Crippen LogP contribution in [0.1, 0.15) is 18.2 Å². The number of thiazole rings is 1. The van der Waals surface area contributed by atoms with Crippen LogP contribution in [0, 0.1) is 0 Å². The molecule has 0 unspecified atom stereocenters. The highest BCUT2D eigenvalue weighted by atomic mass is 32.1. The topological polar surface area (TPSA) is 55.6 Å². The van der Waals surface area contributed by atoms with Gasteiger partial charge in [-0.3, -0.25) is 9.20 Å². The van der Waals surface area contributed by atoms with Crippen LogP contribution >= 0.6 is 11.3 Å². The fourth-order valence-corrected chi connectivity index (χ4v) is 3.95. The van der Waals surface area contributed by atoms with E-state index in [0.29, 0.717) is 5.75 Å². The van der Waals surface area contributed by atoms with Gasteiger partial charge in [0, 0.05) is 34.6 Å². The summed E-state index contributed by atoms with van der Waals surface area (Å²) in [6.07, 6.45) is 3.30. The van der Waals surface area contributed by atoms with E-state index < -0.39 is 0 Å². The number of imidazole rings is 1. The molecule has 6 heteroatoms. The van der Waals surface area contributed by atoms with Crippen molar-refractivity contribution in [3.8, 4) is 17.0 Å². The number of hydrogen-bond acceptors (Lipinski definition) is 4. The third-order valence-corrected chi connectivity index (χ3v) is 5.53. The minimum absolute atomic E-state index is 0.0736. The molecule has 4 aromatic rings. The number of ether oxygens (including phenoxy) is 1. The number of rotatable bonds is 6. The molecule has 0 aliphatic carbocycles. The molecule has 0 aliphatic heterocycles. The summed E-state index contributed by atoms with van der Waals surface area (Å²) in [5.41, 5.74) is 4.95. The van der Waals surface area contributed by atoms with Crippen LogP contribution in [-0.2, 0) is 17.6 Å². The summed E-state index contributed by atoms with van der Waals surface area (Å²) >= 11 is 1.54. The first kappa shape index (κ1) is 18.3. The molecule has 2 aromatic heterocycles. The fourth-order valence-electron chi connectivity index (χ4n) is 3.08. The van der Waals surface area contributed by atoms with E-state index in [9.17, 15) is 4.79 Å². The van der Waals surface area contributed by atoms with Crippen LogP contribution in [0.3, 0.4) is 0 Å². The highest BCUT2D eigenvalue weighted by molar-refractivity contribution is 7.15. The van der Waals surface area contributed by atoms with Crippen molar-refractivity contribution in [2.24, 2.45) is 0 Å². The Balaban J connectivity index is 1.52. The maximum atomic E-state index is 12.5. The summed E-state index contributed by atoms with van der Waals surface area (Å²) in [6.45, 7) is 2.14. The molecule has 0 bridgehead atoms. The average molecular weight is 391 g/mol. The Morgan fingerprint density at radius 3 is 2.79 bits per heavy atom. The molecule has 28 heavy (non-hydrogen) atoms. The number of amides is 1. The lowest BCUT2D eigenvalue weighted by molar-refractivity contribution is -0.115. The number of aromatic nitrogens is 2. The number of anilines is 1. The SMILES string of the molecule is CCc1ccc(-c2cn3c(CC(=O)Nc4cccc(OC)c4)csc3n2)cc1. The van der Waals surface area contributed by atoms with Gasteiger partial charge in [0.15, 0.2) is 4.96 Å². The monoisotopic (exact) mass is 391 g/mol. The molecular formula is C22H21N3O2S. The van der Waals surface area contributed by atoms with Crippen molar-refractivity contribution in [2.45, 2.75) is 19.8 Å². The second-order valence-electron chi connectivity index (χ2n) is 6.51. The smallest absolute Gasteiger partial charge is 0.230 e. The zero-order chi connectivity index (χ0) is 19.5. The van der Waals surface area contributed by atoms with Crippen LogP contribution in [0.5, 0.6) is 5.75 Å². The molecule has 0 radical (unpaired) electrons. The van der Waals surface area contributed by atoms with Crippen molar-refractivity contribution in [3.05, 3.63) is 71.4 Å². The molecule has 0 aliphatic rings. The van der Waals surface area contributed by atoms with Gasteiger partial charge in [-0.2, -0.15) is 0 Å². The summed E-state index contributed by atoms with van der Waals surface area (Å²) in [5.74, 6) is 0.638. The van der Waals surface area contributed by atoms with E-state index in [1.807, 2.05) is 34.2 Å². The lowest BCUT2D eigenvalue weighted by Crippen LogP contribution is -2.15. The van der Waals surface area contributed by atoms with Crippen LogP contribution in [0.4, 0.5) is 5.69 Å². The Labute approximate surface area is 167 Å². The minimum atomic E-state index is -0.0736. The number of carbonyl (C=O) groups is 1. The molecule has 142 valence electrons. The largest absolute Gasteiger partial charge is 0.497 e.